The van der Waals surface area contributed by atoms with E-state index in [2.05, 4.69) is 24.5 Å². The summed E-state index contributed by atoms with van der Waals surface area (Å²) in [6.45, 7) is 4.11. The maximum absolute atomic E-state index is 12.1. The lowest BCUT2D eigenvalue weighted by Gasteiger charge is -2.13. The van der Waals surface area contributed by atoms with Crippen LogP contribution in [-0.2, 0) is 9.59 Å². The summed E-state index contributed by atoms with van der Waals surface area (Å²) in [5.74, 6) is 0.291. The van der Waals surface area contributed by atoms with E-state index in [4.69, 9.17) is 4.74 Å². The Balaban J connectivity index is 1.93. The predicted molar refractivity (Wildman–Crippen MR) is 95.4 cm³/mol. The summed E-state index contributed by atoms with van der Waals surface area (Å²) < 4.78 is 5.06. The van der Waals surface area contributed by atoms with Gasteiger partial charge in [-0.3, -0.25) is 9.59 Å². The summed E-state index contributed by atoms with van der Waals surface area (Å²) in [5.41, 5.74) is 2.41. The number of hydrogen-bond donors (Lipinski definition) is 2. The molecule has 2 amide bonds. The molecule has 5 nitrogen and oxygen atoms in total. The Hall–Kier alpha value is -2.82. The molecule has 0 heterocycles. The minimum absolute atomic E-state index is 0.238. The van der Waals surface area contributed by atoms with Crippen LogP contribution >= 0.6 is 0 Å². The molecule has 0 aliphatic carbocycles. The minimum atomic E-state index is -0.361. The second kappa shape index (κ2) is 8.15. The molecule has 24 heavy (non-hydrogen) atoms. The van der Waals surface area contributed by atoms with Crippen molar-refractivity contribution in [3.05, 3.63) is 54.1 Å². The van der Waals surface area contributed by atoms with Crippen LogP contribution in [0.3, 0.4) is 0 Å². The average molecular weight is 326 g/mol. The molecule has 126 valence electrons. The second-order valence-electron chi connectivity index (χ2n) is 5.74. The van der Waals surface area contributed by atoms with Crippen molar-refractivity contribution in [2.75, 3.05) is 17.7 Å². The fourth-order valence-corrected chi connectivity index (χ4v) is 2.33. The molecule has 0 aliphatic heterocycles. The topological polar surface area (TPSA) is 67.4 Å². The second-order valence-corrected chi connectivity index (χ2v) is 5.74. The maximum atomic E-state index is 12.1. The number of hydrogen-bond acceptors (Lipinski definition) is 3. The molecule has 0 aliphatic rings. The molecule has 5 heteroatoms. The summed E-state index contributed by atoms with van der Waals surface area (Å²) >= 11 is 0. The van der Waals surface area contributed by atoms with Gasteiger partial charge in [-0.1, -0.05) is 32.0 Å². The van der Waals surface area contributed by atoms with Crippen molar-refractivity contribution in [2.45, 2.75) is 26.2 Å². The first kappa shape index (κ1) is 17.5. The van der Waals surface area contributed by atoms with E-state index in [0.717, 1.165) is 11.3 Å². The molecule has 2 N–H and O–H groups in total. The van der Waals surface area contributed by atoms with Crippen LogP contribution in [0.25, 0.3) is 0 Å². The molecule has 0 atom stereocenters. The molecule has 0 bridgehead atoms. The first-order valence-electron chi connectivity index (χ1n) is 7.82. The van der Waals surface area contributed by atoms with Gasteiger partial charge < -0.3 is 15.4 Å². The van der Waals surface area contributed by atoms with E-state index in [-0.39, 0.29) is 24.2 Å². The molecule has 2 aromatic carbocycles. The minimum Gasteiger partial charge on any atom is -0.497 e. The molecule has 0 saturated heterocycles. The number of para-hydroxylation sites is 1. The zero-order chi connectivity index (χ0) is 17.5. The zero-order valence-electron chi connectivity index (χ0n) is 14.1. The van der Waals surface area contributed by atoms with Gasteiger partial charge in [0.1, 0.15) is 12.2 Å². The number of carbonyl (C=O) groups is 2. The Morgan fingerprint density at radius 1 is 0.958 bits per heavy atom. The predicted octanol–water partition coefficient (Wildman–Crippen LogP) is 3.79. The third-order valence-corrected chi connectivity index (χ3v) is 3.55. The molecule has 2 rings (SSSR count). The van der Waals surface area contributed by atoms with Gasteiger partial charge in [0, 0.05) is 11.4 Å². The van der Waals surface area contributed by atoms with Gasteiger partial charge in [0.15, 0.2) is 0 Å². The summed E-state index contributed by atoms with van der Waals surface area (Å²) in [7, 11) is 1.58. The van der Waals surface area contributed by atoms with Gasteiger partial charge in [0.2, 0.25) is 11.8 Å². The van der Waals surface area contributed by atoms with Gasteiger partial charge in [-0.05, 0) is 41.8 Å². The van der Waals surface area contributed by atoms with Crippen molar-refractivity contribution in [3.63, 3.8) is 0 Å². The number of ether oxygens (including phenoxy) is 1. The highest BCUT2D eigenvalue weighted by Gasteiger charge is 2.13. The van der Waals surface area contributed by atoms with Crippen LogP contribution in [0.5, 0.6) is 5.75 Å². The van der Waals surface area contributed by atoms with Crippen LogP contribution in [0.2, 0.25) is 0 Å². The maximum Gasteiger partial charge on any atom is 0.233 e. The standard InChI is InChI=1S/C19H22N2O3/c1-13(2)16-6-4-5-7-17(16)21-19(23)12-18(22)20-14-8-10-15(24-3)11-9-14/h4-11,13H,12H2,1-3H3,(H,20,22)(H,21,23). The summed E-state index contributed by atoms with van der Waals surface area (Å²) in [6, 6.07) is 14.5. The molecule has 0 spiro atoms. The summed E-state index contributed by atoms with van der Waals surface area (Å²) in [4.78, 5) is 24.1. The molecular formula is C19H22N2O3. The van der Waals surface area contributed by atoms with Crippen molar-refractivity contribution in [1.82, 2.24) is 0 Å². The van der Waals surface area contributed by atoms with Gasteiger partial charge in [0.05, 0.1) is 7.11 Å². The van der Waals surface area contributed by atoms with E-state index >= 15 is 0 Å². The number of rotatable bonds is 6. The van der Waals surface area contributed by atoms with Crippen molar-refractivity contribution >= 4 is 23.2 Å². The van der Waals surface area contributed by atoms with E-state index in [9.17, 15) is 9.59 Å². The molecule has 0 radical (unpaired) electrons. The van der Waals surface area contributed by atoms with Crippen molar-refractivity contribution in [2.24, 2.45) is 0 Å². The normalized spacial score (nSPS) is 10.3. The van der Waals surface area contributed by atoms with Crippen LogP contribution in [-0.4, -0.2) is 18.9 Å². The number of methoxy groups -OCH3 is 1. The highest BCUT2D eigenvalue weighted by atomic mass is 16.5. The van der Waals surface area contributed by atoms with Gasteiger partial charge in [-0.25, -0.2) is 0 Å². The van der Waals surface area contributed by atoms with E-state index < -0.39 is 0 Å². The number of nitrogens with one attached hydrogen (secondary N) is 2. The number of amides is 2. The molecule has 0 aromatic heterocycles. The average Bonchev–Trinajstić information content (AvgIpc) is 2.55. The summed E-state index contributed by atoms with van der Waals surface area (Å²) in [5, 5.41) is 5.50. The highest BCUT2D eigenvalue weighted by molar-refractivity contribution is 6.08. The Morgan fingerprint density at radius 3 is 2.21 bits per heavy atom. The SMILES string of the molecule is COc1ccc(NC(=O)CC(=O)Nc2ccccc2C(C)C)cc1. The Kier molecular flexibility index (Phi) is 5.95. The molecular weight excluding hydrogens is 304 g/mol. The molecule has 0 saturated carbocycles. The number of carbonyl (C=O) groups excluding carboxylic acids is 2. The lowest BCUT2D eigenvalue weighted by Crippen LogP contribution is -2.22. The first-order chi connectivity index (χ1) is 11.5. The quantitative estimate of drug-likeness (QED) is 0.794. The van der Waals surface area contributed by atoms with Crippen LogP contribution in [0.15, 0.2) is 48.5 Å². The van der Waals surface area contributed by atoms with Gasteiger partial charge in [-0.15, -0.1) is 0 Å². The van der Waals surface area contributed by atoms with Crippen molar-refractivity contribution in [1.29, 1.82) is 0 Å². The third-order valence-electron chi connectivity index (χ3n) is 3.55. The molecule has 0 fully saturated rings. The fraction of sp³-hybridized carbons (Fsp3) is 0.263. The van der Waals surface area contributed by atoms with E-state index in [1.165, 1.54) is 0 Å². The number of benzene rings is 2. The van der Waals surface area contributed by atoms with Crippen molar-refractivity contribution < 1.29 is 14.3 Å². The van der Waals surface area contributed by atoms with Crippen molar-refractivity contribution in [3.8, 4) is 5.75 Å². The Bertz CT molecular complexity index is 709. The lowest BCUT2D eigenvalue weighted by molar-refractivity contribution is -0.123. The fourth-order valence-electron chi connectivity index (χ4n) is 2.33. The van der Waals surface area contributed by atoms with Crippen LogP contribution < -0.4 is 15.4 Å². The van der Waals surface area contributed by atoms with E-state index in [1.54, 1.807) is 31.4 Å². The lowest BCUT2D eigenvalue weighted by atomic mass is 10.0. The van der Waals surface area contributed by atoms with Crippen LogP contribution in [0.4, 0.5) is 11.4 Å². The smallest absolute Gasteiger partial charge is 0.233 e. The Morgan fingerprint density at radius 2 is 1.58 bits per heavy atom. The Labute approximate surface area is 142 Å². The first-order valence-corrected chi connectivity index (χ1v) is 7.82. The highest BCUT2D eigenvalue weighted by Crippen LogP contribution is 2.23. The molecule has 0 unspecified atom stereocenters. The monoisotopic (exact) mass is 326 g/mol. The summed E-state index contributed by atoms with van der Waals surface area (Å²) in [6.07, 6.45) is -0.238. The largest absolute Gasteiger partial charge is 0.497 e. The van der Waals surface area contributed by atoms with Gasteiger partial charge in [0.25, 0.3) is 0 Å². The van der Waals surface area contributed by atoms with E-state index in [0.29, 0.717) is 11.4 Å². The number of anilines is 2. The zero-order valence-corrected chi connectivity index (χ0v) is 14.1. The molecule has 2 aromatic rings. The van der Waals surface area contributed by atoms with E-state index in [1.807, 2.05) is 24.3 Å². The third kappa shape index (κ3) is 4.84. The van der Waals surface area contributed by atoms with Crippen LogP contribution in [0, 0.1) is 0 Å². The van der Waals surface area contributed by atoms with Gasteiger partial charge >= 0.3 is 0 Å². The van der Waals surface area contributed by atoms with Gasteiger partial charge in [-0.2, -0.15) is 0 Å². The van der Waals surface area contributed by atoms with Crippen LogP contribution in [0.1, 0.15) is 31.7 Å².